The van der Waals surface area contributed by atoms with Gasteiger partial charge in [0.1, 0.15) is 5.75 Å². The highest BCUT2D eigenvalue weighted by molar-refractivity contribution is 9.10. The second-order valence-electron chi connectivity index (χ2n) is 11.4. The van der Waals surface area contributed by atoms with Crippen LogP contribution < -0.4 is 10.1 Å². The molecule has 5 aromatic carbocycles. The summed E-state index contributed by atoms with van der Waals surface area (Å²) >= 11 is 18.5. The molecule has 49 heavy (non-hydrogen) atoms. The highest BCUT2D eigenvalue weighted by Crippen LogP contribution is 2.46. The fourth-order valence-electron chi connectivity index (χ4n) is 5.60. The lowest BCUT2D eigenvalue weighted by atomic mass is 9.82. The molecule has 0 unspecified atom stereocenters. The summed E-state index contributed by atoms with van der Waals surface area (Å²) in [6, 6.07) is 38.4. The van der Waals surface area contributed by atoms with Gasteiger partial charge in [0, 0.05) is 61.4 Å². The van der Waals surface area contributed by atoms with Crippen LogP contribution in [0, 0.1) is 0 Å². The number of benzene rings is 5. The Hall–Kier alpha value is -3.79. The lowest BCUT2D eigenvalue weighted by Crippen LogP contribution is -2.49. The van der Waals surface area contributed by atoms with Crippen molar-refractivity contribution in [3.05, 3.63) is 158 Å². The van der Waals surface area contributed by atoms with Gasteiger partial charge in [-0.2, -0.15) is 0 Å². The van der Waals surface area contributed by atoms with Crippen LogP contribution in [-0.4, -0.2) is 35.7 Å². The second-order valence-corrected chi connectivity index (χ2v) is 14.2. The number of hydrogen-bond acceptors (Lipinski definition) is 6. The first-order valence-corrected chi connectivity index (χ1v) is 18.1. The molecule has 10 heteroatoms. The van der Waals surface area contributed by atoms with Crippen LogP contribution in [0.5, 0.6) is 5.75 Å². The number of hydrogen-bond donors (Lipinski definition) is 2. The first-order chi connectivity index (χ1) is 23.9. The Morgan fingerprint density at radius 3 is 2.37 bits per heavy atom. The van der Waals surface area contributed by atoms with Crippen molar-refractivity contribution in [3.63, 3.8) is 0 Å². The lowest BCUT2D eigenvalue weighted by molar-refractivity contribution is -0.129. The molecule has 2 atom stereocenters. The lowest BCUT2D eigenvalue weighted by Gasteiger charge is -2.31. The molecule has 0 fully saturated rings. The molecule has 0 saturated carbocycles. The molecule has 1 heterocycles. The van der Waals surface area contributed by atoms with Gasteiger partial charge < -0.3 is 19.9 Å². The molecule has 2 N–H and O–H groups in total. The van der Waals surface area contributed by atoms with E-state index in [1.807, 2.05) is 84.9 Å². The highest BCUT2D eigenvalue weighted by Gasteiger charge is 2.54. The summed E-state index contributed by atoms with van der Waals surface area (Å²) in [7, 11) is 0. The molecule has 6 nitrogen and oxygen atoms in total. The van der Waals surface area contributed by atoms with Gasteiger partial charge in [-0.1, -0.05) is 112 Å². The summed E-state index contributed by atoms with van der Waals surface area (Å²) < 4.78 is 13.2. The average Bonchev–Trinajstić information content (AvgIpc) is 3.49. The molecule has 5 aromatic rings. The number of rotatable bonds is 13. The molecular formula is C39H33BrCl2N2O4S. The number of aliphatic imine (C=N–C) groups is 1. The Balaban J connectivity index is 1.40. The number of aliphatic hydroxyl groups is 1. The zero-order valence-electron chi connectivity index (χ0n) is 26.3. The number of ether oxygens (including phenoxy) is 2. The van der Waals surface area contributed by atoms with Gasteiger partial charge in [-0.15, -0.1) is 0 Å². The summed E-state index contributed by atoms with van der Waals surface area (Å²) in [5.74, 6) is 0.648. The number of carbonyl (C=O) groups excluding carboxylic acids is 1. The fourth-order valence-corrected chi connectivity index (χ4v) is 7.50. The smallest absolute Gasteiger partial charge is 0.252 e. The number of aliphatic hydroxyl groups excluding tert-OH is 1. The molecule has 6 rings (SSSR count). The van der Waals surface area contributed by atoms with Crippen LogP contribution in [-0.2, 0) is 22.5 Å². The molecule has 1 aliphatic rings. The van der Waals surface area contributed by atoms with Crippen LogP contribution in [0.2, 0.25) is 10.0 Å². The van der Waals surface area contributed by atoms with Gasteiger partial charge in [0.25, 0.3) is 5.91 Å². The molecular weight excluding hydrogens is 743 g/mol. The molecule has 0 spiro atoms. The minimum absolute atomic E-state index is 0.0521. The maximum absolute atomic E-state index is 14.8. The zero-order chi connectivity index (χ0) is 34.2. The van der Waals surface area contributed by atoms with Gasteiger partial charge in [0.15, 0.2) is 11.6 Å². The largest absolute Gasteiger partial charge is 0.494 e. The molecule has 1 aliphatic heterocycles. The van der Waals surface area contributed by atoms with Crippen molar-refractivity contribution >= 4 is 62.7 Å². The van der Waals surface area contributed by atoms with Gasteiger partial charge in [-0.3, -0.25) is 4.79 Å². The SMILES string of the molecule is O=C(NCc1ccccc1Sc1ccccc1)[C@]1(Cc2ccccc2Br)N=C(c2ccc(OCCCO)cc2)O[C@@H]1c1ccc(Cl)cc1Cl. The van der Waals surface area contributed by atoms with E-state index >= 15 is 0 Å². The van der Waals surface area contributed by atoms with E-state index in [1.54, 1.807) is 30.0 Å². The highest BCUT2D eigenvalue weighted by atomic mass is 79.9. The van der Waals surface area contributed by atoms with Crippen molar-refractivity contribution in [2.75, 3.05) is 13.2 Å². The first-order valence-electron chi connectivity index (χ1n) is 15.7. The summed E-state index contributed by atoms with van der Waals surface area (Å²) in [5.41, 5.74) is 1.68. The van der Waals surface area contributed by atoms with Gasteiger partial charge in [0.05, 0.1) is 6.61 Å². The van der Waals surface area contributed by atoms with E-state index in [9.17, 15) is 4.79 Å². The van der Waals surface area contributed by atoms with Gasteiger partial charge >= 0.3 is 0 Å². The van der Waals surface area contributed by atoms with E-state index in [1.165, 1.54) is 0 Å². The zero-order valence-corrected chi connectivity index (χ0v) is 30.2. The van der Waals surface area contributed by atoms with Gasteiger partial charge in [-0.25, -0.2) is 4.99 Å². The Morgan fingerprint density at radius 1 is 0.918 bits per heavy atom. The van der Waals surface area contributed by atoms with Crippen molar-refractivity contribution in [1.82, 2.24) is 5.32 Å². The van der Waals surface area contributed by atoms with E-state index in [-0.39, 0.29) is 25.5 Å². The minimum atomic E-state index is -1.45. The van der Waals surface area contributed by atoms with Crippen molar-refractivity contribution in [3.8, 4) is 5.75 Å². The Kier molecular flexibility index (Phi) is 11.6. The van der Waals surface area contributed by atoms with Crippen molar-refractivity contribution < 1.29 is 19.4 Å². The summed E-state index contributed by atoms with van der Waals surface area (Å²) in [6.45, 7) is 0.724. The monoisotopic (exact) mass is 774 g/mol. The fraction of sp³-hybridized carbons (Fsp3) is 0.179. The van der Waals surface area contributed by atoms with Crippen LogP contribution in [0.25, 0.3) is 0 Å². The Morgan fingerprint density at radius 2 is 1.63 bits per heavy atom. The minimum Gasteiger partial charge on any atom is -0.494 e. The second kappa shape index (κ2) is 16.3. The third-order valence-electron chi connectivity index (χ3n) is 8.08. The number of amides is 1. The van der Waals surface area contributed by atoms with Crippen molar-refractivity contribution in [2.45, 2.75) is 40.8 Å². The quantitative estimate of drug-likeness (QED) is 0.117. The molecule has 250 valence electrons. The van der Waals surface area contributed by atoms with Crippen LogP contribution >= 0.6 is 50.9 Å². The topological polar surface area (TPSA) is 80.2 Å². The van der Waals surface area contributed by atoms with E-state index in [4.69, 9.17) is 42.8 Å². The van der Waals surface area contributed by atoms with Crippen LogP contribution in [0.15, 0.2) is 141 Å². The normalized spacial score (nSPS) is 16.9. The maximum Gasteiger partial charge on any atom is 0.252 e. The Bertz CT molecular complexity index is 1940. The predicted octanol–water partition coefficient (Wildman–Crippen LogP) is 9.48. The van der Waals surface area contributed by atoms with E-state index in [0.717, 1.165) is 25.4 Å². The average molecular weight is 777 g/mol. The third-order valence-corrected chi connectivity index (χ3v) is 10.5. The van der Waals surface area contributed by atoms with Crippen LogP contribution in [0.1, 0.15) is 34.8 Å². The predicted molar refractivity (Wildman–Crippen MR) is 200 cm³/mol. The van der Waals surface area contributed by atoms with Crippen LogP contribution in [0.4, 0.5) is 0 Å². The summed E-state index contributed by atoms with van der Waals surface area (Å²) in [6.07, 6.45) is -0.131. The van der Waals surface area contributed by atoms with Gasteiger partial charge in [-0.05, 0) is 71.8 Å². The van der Waals surface area contributed by atoms with Crippen LogP contribution in [0.3, 0.4) is 0 Å². The van der Waals surface area contributed by atoms with Crippen molar-refractivity contribution in [2.24, 2.45) is 4.99 Å². The third kappa shape index (κ3) is 8.34. The Labute approximate surface area is 308 Å². The standard InChI is InChI=1S/C39H33BrCl2N2O4S/c40-33-13-6-4-9-27(33)24-39(38(46)43-25-28-10-5-7-14-35(28)49-31-11-2-1-3-12-31)36(32-20-17-29(41)23-34(32)42)48-37(44-39)26-15-18-30(19-16-26)47-22-8-21-45/h1-7,9-20,23,36,45H,8,21-22,24-25H2,(H,43,46)/t36-,39-/m1/s1. The molecule has 0 saturated heterocycles. The number of halogens is 3. The van der Waals surface area contributed by atoms with Gasteiger partial charge in [0.2, 0.25) is 5.90 Å². The molecule has 0 bridgehead atoms. The summed E-state index contributed by atoms with van der Waals surface area (Å²) in [4.78, 5) is 22.1. The molecule has 0 aliphatic carbocycles. The number of nitrogens with one attached hydrogen (secondary N) is 1. The van der Waals surface area contributed by atoms with Crippen molar-refractivity contribution in [1.29, 1.82) is 0 Å². The first kappa shape index (κ1) is 35.1. The number of nitrogens with zero attached hydrogens (tertiary/aromatic N) is 1. The molecule has 0 aromatic heterocycles. The van der Waals surface area contributed by atoms with E-state index in [0.29, 0.717) is 45.8 Å². The van der Waals surface area contributed by atoms with E-state index < -0.39 is 11.6 Å². The maximum atomic E-state index is 14.8. The number of carbonyl (C=O) groups is 1. The van der Waals surface area contributed by atoms with E-state index in [2.05, 4.69) is 39.4 Å². The summed E-state index contributed by atoms with van der Waals surface area (Å²) in [5, 5.41) is 13.2. The molecule has 1 amide bonds. The molecule has 0 radical (unpaired) electrons.